The van der Waals surface area contributed by atoms with E-state index in [4.69, 9.17) is 12.2 Å². The predicted octanol–water partition coefficient (Wildman–Crippen LogP) is 2.66. The summed E-state index contributed by atoms with van der Waals surface area (Å²) in [5, 5.41) is 12.7. The Kier molecular flexibility index (Phi) is 6.09. The van der Waals surface area contributed by atoms with Gasteiger partial charge in [0.2, 0.25) is 11.8 Å². The molecule has 0 saturated heterocycles. The lowest BCUT2D eigenvalue weighted by molar-refractivity contribution is -0.130. The SMILES string of the molecule is C=CCn1c(-c2sc(NC(=O)CNC(=O)C(C)(C)C)nc2C)n[nH]c1=S. The Labute approximate surface area is 160 Å². The Balaban J connectivity index is 2.11. The molecule has 2 heterocycles. The molecule has 10 heteroatoms. The fourth-order valence-electron chi connectivity index (χ4n) is 2.04. The fourth-order valence-corrected chi connectivity index (χ4v) is 3.22. The Morgan fingerprint density at radius 1 is 1.42 bits per heavy atom. The third-order valence-electron chi connectivity index (χ3n) is 3.41. The van der Waals surface area contributed by atoms with Crippen LogP contribution in [0.3, 0.4) is 0 Å². The molecule has 0 spiro atoms. The first-order valence-electron chi connectivity index (χ1n) is 7.95. The van der Waals surface area contributed by atoms with Crippen LogP contribution in [0.5, 0.6) is 0 Å². The molecule has 0 aliphatic carbocycles. The van der Waals surface area contributed by atoms with Gasteiger partial charge in [0.1, 0.15) is 0 Å². The second-order valence-electron chi connectivity index (χ2n) is 6.67. The minimum Gasteiger partial charge on any atom is -0.347 e. The Bertz CT molecular complexity index is 887. The number of aryl methyl sites for hydroxylation is 1. The average molecular weight is 395 g/mol. The van der Waals surface area contributed by atoms with Crippen molar-refractivity contribution >= 4 is 40.5 Å². The van der Waals surface area contributed by atoms with E-state index >= 15 is 0 Å². The zero-order chi connectivity index (χ0) is 19.5. The van der Waals surface area contributed by atoms with Crippen LogP contribution in [0.1, 0.15) is 26.5 Å². The Morgan fingerprint density at radius 3 is 2.73 bits per heavy atom. The smallest absolute Gasteiger partial charge is 0.245 e. The van der Waals surface area contributed by atoms with E-state index in [0.717, 1.165) is 10.6 Å². The number of carbonyl (C=O) groups excluding carboxylic acids is 2. The average Bonchev–Trinajstić information content (AvgIpc) is 3.07. The third-order valence-corrected chi connectivity index (χ3v) is 4.79. The molecule has 0 aliphatic rings. The summed E-state index contributed by atoms with van der Waals surface area (Å²) in [5.74, 6) is 0.114. The highest BCUT2D eigenvalue weighted by molar-refractivity contribution is 7.71. The van der Waals surface area contributed by atoms with E-state index in [-0.39, 0.29) is 18.4 Å². The van der Waals surface area contributed by atoms with Crippen molar-refractivity contribution in [1.29, 1.82) is 0 Å². The minimum atomic E-state index is -0.550. The molecule has 2 aromatic heterocycles. The van der Waals surface area contributed by atoms with Crippen LogP contribution in [0, 0.1) is 17.1 Å². The van der Waals surface area contributed by atoms with Crippen LogP contribution in [0.4, 0.5) is 5.13 Å². The van der Waals surface area contributed by atoms with Crippen LogP contribution >= 0.6 is 23.6 Å². The lowest BCUT2D eigenvalue weighted by Gasteiger charge is -2.17. The van der Waals surface area contributed by atoms with Gasteiger partial charge < -0.3 is 10.6 Å². The van der Waals surface area contributed by atoms with Crippen LogP contribution in [-0.4, -0.2) is 38.1 Å². The summed E-state index contributed by atoms with van der Waals surface area (Å²) in [6, 6.07) is 0. The van der Waals surface area contributed by atoms with E-state index < -0.39 is 5.41 Å². The summed E-state index contributed by atoms with van der Waals surface area (Å²) in [5.41, 5.74) is 0.176. The molecule has 2 aromatic rings. The van der Waals surface area contributed by atoms with Crippen LogP contribution in [-0.2, 0) is 16.1 Å². The summed E-state index contributed by atoms with van der Waals surface area (Å²) in [6.07, 6.45) is 1.73. The van der Waals surface area contributed by atoms with Gasteiger partial charge in [-0.1, -0.05) is 38.2 Å². The number of carbonyl (C=O) groups is 2. The van der Waals surface area contributed by atoms with Crippen molar-refractivity contribution < 1.29 is 9.59 Å². The summed E-state index contributed by atoms with van der Waals surface area (Å²) in [4.78, 5) is 29.0. The van der Waals surface area contributed by atoms with Gasteiger partial charge in [-0.15, -0.1) is 6.58 Å². The monoisotopic (exact) mass is 394 g/mol. The molecule has 0 aliphatic heterocycles. The zero-order valence-corrected chi connectivity index (χ0v) is 16.8. The van der Waals surface area contributed by atoms with Crippen molar-refractivity contribution in [3.05, 3.63) is 23.1 Å². The second kappa shape index (κ2) is 7.92. The fraction of sp³-hybridized carbons (Fsp3) is 0.438. The van der Waals surface area contributed by atoms with Gasteiger partial charge in [0, 0.05) is 12.0 Å². The third kappa shape index (κ3) is 4.64. The van der Waals surface area contributed by atoms with E-state index in [1.807, 2.05) is 6.92 Å². The van der Waals surface area contributed by atoms with Gasteiger partial charge in [-0.2, -0.15) is 5.10 Å². The second-order valence-corrected chi connectivity index (χ2v) is 8.05. The maximum absolute atomic E-state index is 12.1. The van der Waals surface area contributed by atoms with Crippen molar-refractivity contribution in [3.63, 3.8) is 0 Å². The first-order valence-corrected chi connectivity index (χ1v) is 9.18. The van der Waals surface area contributed by atoms with Gasteiger partial charge in [-0.3, -0.25) is 19.3 Å². The number of thiazole rings is 1. The normalized spacial score (nSPS) is 11.2. The lowest BCUT2D eigenvalue weighted by Crippen LogP contribution is -2.39. The topological polar surface area (TPSA) is 105 Å². The summed E-state index contributed by atoms with van der Waals surface area (Å²) >= 11 is 6.51. The van der Waals surface area contributed by atoms with Crippen LogP contribution < -0.4 is 10.6 Å². The largest absolute Gasteiger partial charge is 0.347 e. The highest BCUT2D eigenvalue weighted by atomic mass is 32.1. The van der Waals surface area contributed by atoms with E-state index in [1.54, 1.807) is 31.4 Å². The molecule has 3 N–H and O–H groups in total. The minimum absolute atomic E-state index is 0.112. The zero-order valence-electron chi connectivity index (χ0n) is 15.2. The molecular formula is C16H22N6O2S2. The maximum Gasteiger partial charge on any atom is 0.245 e. The highest BCUT2D eigenvalue weighted by Gasteiger charge is 2.22. The van der Waals surface area contributed by atoms with Gasteiger partial charge in [-0.05, 0) is 19.1 Å². The van der Waals surface area contributed by atoms with Gasteiger partial charge in [0.05, 0.1) is 17.1 Å². The molecule has 0 aromatic carbocycles. The number of hydrogen-bond acceptors (Lipinski definition) is 6. The number of aromatic nitrogens is 4. The van der Waals surface area contributed by atoms with Crippen molar-refractivity contribution in [2.75, 3.05) is 11.9 Å². The maximum atomic E-state index is 12.1. The van der Waals surface area contributed by atoms with Gasteiger partial charge in [-0.25, -0.2) is 4.98 Å². The Morgan fingerprint density at radius 2 is 2.12 bits per heavy atom. The summed E-state index contributed by atoms with van der Waals surface area (Å²) in [6.45, 7) is 11.3. The van der Waals surface area contributed by atoms with Crippen LogP contribution in [0.25, 0.3) is 10.7 Å². The number of nitrogens with one attached hydrogen (secondary N) is 3. The number of H-pyrrole nitrogens is 1. The highest BCUT2D eigenvalue weighted by Crippen LogP contribution is 2.31. The molecular weight excluding hydrogens is 372 g/mol. The van der Waals surface area contributed by atoms with Crippen molar-refractivity contribution in [1.82, 2.24) is 25.1 Å². The van der Waals surface area contributed by atoms with Crippen molar-refractivity contribution in [2.24, 2.45) is 5.41 Å². The number of hydrogen-bond donors (Lipinski definition) is 3. The molecule has 26 heavy (non-hydrogen) atoms. The molecule has 2 amide bonds. The quantitative estimate of drug-likeness (QED) is 0.516. The molecule has 2 rings (SSSR count). The molecule has 0 unspecified atom stereocenters. The van der Waals surface area contributed by atoms with Crippen molar-refractivity contribution in [2.45, 2.75) is 34.2 Å². The summed E-state index contributed by atoms with van der Waals surface area (Å²) in [7, 11) is 0. The molecule has 140 valence electrons. The number of allylic oxidation sites excluding steroid dienone is 1. The number of nitrogens with zero attached hydrogens (tertiary/aromatic N) is 3. The lowest BCUT2D eigenvalue weighted by atomic mass is 9.96. The standard InChI is InChI=1S/C16H22N6O2S2/c1-6-7-22-12(20-21-15(22)25)11-9(2)18-14(26-11)19-10(23)8-17-13(24)16(3,4)5/h6H,1,7-8H2,2-5H3,(H,17,24)(H,21,25)(H,18,19,23). The first kappa shape index (κ1) is 20.0. The molecule has 0 radical (unpaired) electrons. The summed E-state index contributed by atoms with van der Waals surface area (Å²) < 4.78 is 2.29. The van der Waals surface area contributed by atoms with E-state index in [0.29, 0.717) is 22.3 Å². The predicted molar refractivity (Wildman–Crippen MR) is 105 cm³/mol. The van der Waals surface area contributed by atoms with E-state index in [1.165, 1.54) is 11.3 Å². The molecule has 0 saturated carbocycles. The van der Waals surface area contributed by atoms with Gasteiger partial charge >= 0.3 is 0 Å². The molecule has 8 nitrogen and oxygen atoms in total. The number of amides is 2. The number of anilines is 1. The van der Waals surface area contributed by atoms with E-state index in [9.17, 15) is 9.59 Å². The molecule has 0 fully saturated rings. The first-order chi connectivity index (χ1) is 12.1. The number of aromatic amines is 1. The Hall–Kier alpha value is -2.33. The van der Waals surface area contributed by atoms with Crippen molar-refractivity contribution in [3.8, 4) is 10.7 Å². The van der Waals surface area contributed by atoms with Crippen LogP contribution in [0.2, 0.25) is 0 Å². The molecule has 0 bridgehead atoms. The number of rotatable bonds is 6. The van der Waals surface area contributed by atoms with Gasteiger partial charge in [0.25, 0.3) is 0 Å². The molecule has 0 atom stereocenters. The van der Waals surface area contributed by atoms with Gasteiger partial charge in [0.15, 0.2) is 15.7 Å². The van der Waals surface area contributed by atoms with Crippen LogP contribution in [0.15, 0.2) is 12.7 Å². The van der Waals surface area contributed by atoms with E-state index in [2.05, 4.69) is 32.4 Å².